The monoisotopic (exact) mass is 844 g/mol. The van der Waals surface area contributed by atoms with E-state index < -0.39 is 15.4 Å². The summed E-state index contributed by atoms with van der Waals surface area (Å²) in [6.07, 6.45) is 0. The molecule has 0 aromatic heterocycles. The molecule has 0 aliphatic heterocycles. The zero-order chi connectivity index (χ0) is 26.8. The molecule has 0 heterocycles. The summed E-state index contributed by atoms with van der Waals surface area (Å²) >= 11 is -0.780. The standard InChI is InChI=1S/C36H28I2Te/c37-29-21-25-35(26-22-29)39(31-13-5-1-6-14-31,32-15-7-2-8-16-32,33-17-9-3-10-18-33,34-19-11-4-12-20-34)36-27-23-30(38)24-28-36/h1-28H. The first-order valence-electron chi connectivity index (χ1n) is 12.9. The van der Waals surface area contributed by atoms with Gasteiger partial charge in [0.15, 0.2) is 0 Å². The Morgan fingerprint density at radius 3 is 0.692 bits per heavy atom. The summed E-state index contributed by atoms with van der Waals surface area (Å²) in [5.41, 5.74) is 0. The molecule has 0 radical (unpaired) electrons. The van der Waals surface area contributed by atoms with E-state index in [1.165, 1.54) is 28.8 Å². The van der Waals surface area contributed by atoms with E-state index in [4.69, 9.17) is 0 Å². The van der Waals surface area contributed by atoms with Gasteiger partial charge in [-0.1, -0.05) is 0 Å². The topological polar surface area (TPSA) is 0 Å². The van der Waals surface area contributed by atoms with Gasteiger partial charge in [-0.25, -0.2) is 0 Å². The van der Waals surface area contributed by atoms with Gasteiger partial charge in [0, 0.05) is 0 Å². The fraction of sp³-hybridized carbons (Fsp3) is 0. The molecule has 0 nitrogen and oxygen atoms in total. The fourth-order valence-electron chi connectivity index (χ4n) is 6.63. The van der Waals surface area contributed by atoms with Crippen LogP contribution in [-0.4, -0.2) is 15.4 Å². The van der Waals surface area contributed by atoms with E-state index in [9.17, 15) is 0 Å². The van der Waals surface area contributed by atoms with Crippen LogP contribution in [0.25, 0.3) is 0 Å². The number of hydrogen-bond donors (Lipinski definition) is 0. The minimum atomic E-state index is -5.64. The van der Waals surface area contributed by atoms with Crippen LogP contribution in [0.3, 0.4) is 0 Å². The average Bonchev–Trinajstić information content (AvgIpc) is 3.02. The molecule has 0 bridgehead atoms. The van der Waals surface area contributed by atoms with Crippen molar-refractivity contribution in [2.24, 2.45) is 0 Å². The van der Waals surface area contributed by atoms with Crippen LogP contribution in [0.4, 0.5) is 0 Å². The number of hydrogen-bond acceptors (Lipinski definition) is 0. The molecule has 6 rings (SSSR count). The van der Waals surface area contributed by atoms with E-state index >= 15 is 0 Å². The van der Waals surface area contributed by atoms with Gasteiger partial charge in [0.05, 0.1) is 0 Å². The second-order valence-electron chi connectivity index (χ2n) is 9.69. The molecular formula is C36H28I2Te. The molecule has 0 aliphatic rings. The van der Waals surface area contributed by atoms with Gasteiger partial charge in [0.25, 0.3) is 0 Å². The zero-order valence-electron chi connectivity index (χ0n) is 21.3. The van der Waals surface area contributed by atoms with Crippen LogP contribution in [-0.2, 0) is 0 Å². The predicted molar refractivity (Wildman–Crippen MR) is 188 cm³/mol. The second-order valence-corrected chi connectivity index (χ2v) is 29.0. The molecule has 0 atom stereocenters. The Morgan fingerprint density at radius 1 is 0.256 bits per heavy atom. The summed E-state index contributed by atoms with van der Waals surface area (Å²) in [4.78, 5) is 0. The molecule has 0 amide bonds. The molecule has 0 saturated carbocycles. The van der Waals surface area contributed by atoms with Crippen LogP contribution < -0.4 is 21.7 Å². The van der Waals surface area contributed by atoms with Gasteiger partial charge in [0.2, 0.25) is 0 Å². The first kappa shape index (κ1) is 26.8. The third-order valence-electron chi connectivity index (χ3n) is 8.14. The third-order valence-corrected chi connectivity index (χ3v) is 34.4. The molecule has 6 aromatic rings. The molecule has 6 aromatic carbocycles. The van der Waals surface area contributed by atoms with E-state index in [1.807, 2.05) is 0 Å². The molecule has 0 saturated heterocycles. The number of rotatable bonds is 6. The van der Waals surface area contributed by atoms with Gasteiger partial charge >= 0.3 is 259 Å². The number of halogens is 2. The normalized spacial score (nSPS) is 13.3. The van der Waals surface area contributed by atoms with Crippen molar-refractivity contribution in [1.82, 2.24) is 0 Å². The van der Waals surface area contributed by atoms with Crippen LogP contribution in [0.15, 0.2) is 170 Å². The van der Waals surface area contributed by atoms with Crippen LogP contribution in [0.2, 0.25) is 0 Å². The second kappa shape index (κ2) is 10.2. The van der Waals surface area contributed by atoms with Crippen molar-refractivity contribution in [3.05, 3.63) is 177 Å². The Morgan fingerprint density at radius 2 is 0.462 bits per heavy atom. The molecule has 39 heavy (non-hydrogen) atoms. The van der Waals surface area contributed by atoms with Gasteiger partial charge in [-0.05, 0) is 0 Å². The Bertz CT molecular complexity index is 1490. The summed E-state index contributed by atoms with van der Waals surface area (Å²) in [5, 5.41) is 0. The first-order chi connectivity index (χ1) is 19.1. The van der Waals surface area contributed by atoms with Gasteiger partial charge < -0.3 is 0 Å². The summed E-state index contributed by atoms with van der Waals surface area (Å²) in [7, 11) is 0. The van der Waals surface area contributed by atoms with Crippen molar-refractivity contribution < 1.29 is 0 Å². The van der Waals surface area contributed by atoms with Gasteiger partial charge in [-0.15, -0.1) is 0 Å². The van der Waals surface area contributed by atoms with Crippen molar-refractivity contribution in [3.63, 3.8) is 0 Å². The van der Waals surface area contributed by atoms with Crippen LogP contribution in [0.5, 0.6) is 0 Å². The maximum atomic E-state index is 2.43. The van der Waals surface area contributed by atoms with E-state index in [-0.39, 0.29) is 0 Å². The van der Waals surface area contributed by atoms with Gasteiger partial charge in [-0.2, -0.15) is 0 Å². The van der Waals surface area contributed by atoms with E-state index in [0.29, 0.717) is 0 Å². The summed E-state index contributed by atoms with van der Waals surface area (Å²) in [5.74, 6) is 0. The first-order valence-corrected chi connectivity index (χ1v) is 22.0. The van der Waals surface area contributed by atoms with Crippen molar-refractivity contribution in [2.75, 3.05) is 0 Å². The Labute approximate surface area is 256 Å². The third kappa shape index (κ3) is 3.34. The number of benzene rings is 6. The van der Waals surface area contributed by atoms with Gasteiger partial charge in [-0.3, -0.25) is 0 Å². The molecule has 0 fully saturated rings. The quantitative estimate of drug-likeness (QED) is 0.143. The van der Waals surface area contributed by atoms with Crippen LogP contribution in [0.1, 0.15) is 0 Å². The van der Waals surface area contributed by atoms with Crippen LogP contribution in [0, 0.1) is 7.14 Å². The molecule has 0 N–H and O–H groups in total. The maximum absolute atomic E-state index is 5.64. The van der Waals surface area contributed by atoms with Crippen LogP contribution >= 0.6 is 45.2 Å². The summed E-state index contributed by atoms with van der Waals surface area (Å²) in [6, 6.07) is 64.1. The Hall–Kier alpha value is -2.43. The molecule has 0 aliphatic carbocycles. The fourth-order valence-corrected chi connectivity index (χ4v) is 33.2. The average molecular weight is 842 g/mol. The minimum absolute atomic E-state index is 1.23. The molecule has 3 heteroatoms. The van der Waals surface area contributed by atoms with Crippen molar-refractivity contribution in [1.29, 1.82) is 0 Å². The van der Waals surface area contributed by atoms with E-state index in [0.717, 1.165) is 0 Å². The molecular weight excluding hydrogens is 814 g/mol. The Balaban J connectivity index is 2.14. The summed E-state index contributed by atoms with van der Waals surface area (Å²) < 4.78 is 10.6. The molecule has 192 valence electrons. The van der Waals surface area contributed by atoms with E-state index in [2.05, 4.69) is 215 Å². The van der Waals surface area contributed by atoms with Crippen molar-refractivity contribution in [3.8, 4) is 0 Å². The van der Waals surface area contributed by atoms with Gasteiger partial charge in [0.1, 0.15) is 0 Å². The van der Waals surface area contributed by atoms with Crippen molar-refractivity contribution in [2.45, 2.75) is 0 Å². The zero-order valence-corrected chi connectivity index (χ0v) is 28.0. The summed E-state index contributed by atoms with van der Waals surface area (Å²) in [6.45, 7) is 0. The molecule has 0 unspecified atom stereocenters. The molecule has 0 spiro atoms. The SMILES string of the molecule is Ic1ccc([Te](c2ccccc2)(c2ccccc2)(c2ccccc2)(c2ccccc2)c2ccc(I)cc2)cc1. The van der Waals surface area contributed by atoms with E-state index in [1.54, 1.807) is 0 Å². The Kier molecular flexibility index (Phi) is 7.00. The predicted octanol–water partition coefficient (Wildman–Crippen LogP) is 6.00. The van der Waals surface area contributed by atoms with Crippen molar-refractivity contribution >= 4 is 82.3 Å².